The number of aromatic nitrogens is 1. The Morgan fingerprint density at radius 3 is 2.71 bits per heavy atom. The van der Waals surface area contributed by atoms with E-state index in [-0.39, 0.29) is 11.9 Å². The number of carbonyl (C=O) groups excluding carboxylic acids is 1. The molecule has 132 valence electrons. The van der Waals surface area contributed by atoms with Crippen LogP contribution >= 0.6 is 0 Å². The van der Waals surface area contributed by atoms with Crippen molar-refractivity contribution in [2.45, 2.75) is 51.6 Å². The first-order valence-corrected chi connectivity index (χ1v) is 9.52. The number of pyridine rings is 1. The summed E-state index contributed by atoms with van der Waals surface area (Å²) in [4.78, 5) is 19.7. The number of quaternary nitrogens is 1. The summed E-state index contributed by atoms with van der Waals surface area (Å²) >= 11 is 0. The SMILES string of the molecule is C[C@H](C(=O)N[C@H]1CCCC[C@@H]1C)[NH+]1CCN(c2cccc[nH+]2)CC1. The minimum atomic E-state index is 0.0426. The topological polar surface area (TPSA) is 50.9 Å². The molecule has 1 aliphatic heterocycles. The van der Waals surface area contributed by atoms with Gasteiger partial charge >= 0.3 is 0 Å². The first kappa shape index (κ1) is 17.2. The molecule has 0 spiro atoms. The van der Waals surface area contributed by atoms with Crippen LogP contribution in [-0.4, -0.2) is 44.2 Å². The fourth-order valence-electron chi connectivity index (χ4n) is 4.07. The third-order valence-electron chi connectivity index (χ3n) is 5.88. The lowest BCUT2D eigenvalue weighted by molar-refractivity contribution is -0.914. The van der Waals surface area contributed by atoms with Gasteiger partial charge in [0, 0.05) is 12.1 Å². The number of carbonyl (C=O) groups is 1. The molecular weight excluding hydrogens is 300 g/mol. The summed E-state index contributed by atoms with van der Waals surface area (Å²) in [6.45, 7) is 8.37. The summed E-state index contributed by atoms with van der Waals surface area (Å²) in [6.07, 6.45) is 6.93. The first-order valence-electron chi connectivity index (χ1n) is 9.52. The molecule has 1 saturated heterocycles. The number of hydrogen-bond acceptors (Lipinski definition) is 2. The van der Waals surface area contributed by atoms with Gasteiger partial charge in [-0.05, 0) is 31.7 Å². The first-order chi connectivity index (χ1) is 11.6. The third-order valence-corrected chi connectivity index (χ3v) is 5.88. The average Bonchev–Trinajstić information content (AvgIpc) is 2.64. The smallest absolute Gasteiger partial charge is 0.278 e. The van der Waals surface area contributed by atoms with Crippen molar-refractivity contribution in [2.75, 3.05) is 31.1 Å². The molecule has 2 aliphatic rings. The van der Waals surface area contributed by atoms with E-state index in [1.165, 1.54) is 30.0 Å². The highest BCUT2D eigenvalue weighted by molar-refractivity contribution is 5.80. The normalized spacial score (nSPS) is 26.8. The summed E-state index contributed by atoms with van der Waals surface area (Å²) in [6, 6.07) is 6.61. The van der Waals surface area contributed by atoms with Crippen LogP contribution in [0.4, 0.5) is 5.82 Å². The fourth-order valence-corrected chi connectivity index (χ4v) is 4.07. The number of anilines is 1. The zero-order valence-corrected chi connectivity index (χ0v) is 15.1. The molecule has 1 saturated carbocycles. The van der Waals surface area contributed by atoms with Crippen LogP contribution in [0.5, 0.6) is 0 Å². The number of nitrogens with zero attached hydrogens (tertiary/aromatic N) is 1. The van der Waals surface area contributed by atoms with E-state index in [0.717, 1.165) is 32.6 Å². The van der Waals surface area contributed by atoms with Crippen LogP contribution in [0.1, 0.15) is 39.5 Å². The number of H-pyrrole nitrogens is 1. The zero-order valence-electron chi connectivity index (χ0n) is 15.1. The van der Waals surface area contributed by atoms with Crippen LogP contribution in [0.25, 0.3) is 0 Å². The third kappa shape index (κ3) is 4.07. The van der Waals surface area contributed by atoms with Crippen LogP contribution in [-0.2, 0) is 4.79 Å². The second-order valence-corrected chi connectivity index (χ2v) is 7.49. The average molecular weight is 332 g/mol. The lowest BCUT2D eigenvalue weighted by Gasteiger charge is -2.34. The van der Waals surface area contributed by atoms with Crippen molar-refractivity contribution in [3.63, 3.8) is 0 Å². The maximum atomic E-state index is 12.7. The number of hydrogen-bond donors (Lipinski definition) is 2. The molecule has 5 nitrogen and oxygen atoms in total. The van der Waals surface area contributed by atoms with Gasteiger partial charge in [-0.2, -0.15) is 0 Å². The van der Waals surface area contributed by atoms with Crippen molar-refractivity contribution < 1.29 is 14.7 Å². The Bertz CT molecular complexity index is 527. The molecule has 1 aromatic rings. The Balaban J connectivity index is 1.49. The van der Waals surface area contributed by atoms with E-state index in [0.29, 0.717) is 12.0 Å². The van der Waals surface area contributed by atoms with Gasteiger partial charge in [-0.15, -0.1) is 0 Å². The highest BCUT2D eigenvalue weighted by atomic mass is 16.2. The van der Waals surface area contributed by atoms with E-state index in [4.69, 9.17) is 0 Å². The molecule has 24 heavy (non-hydrogen) atoms. The van der Waals surface area contributed by atoms with Crippen molar-refractivity contribution in [2.24, 2.45) is 5.92 Å². The molecule has 0 radical (unpaired) electrons. The standard InChI is InChI=1S/C19H30N4O/c1-15-7-3-4-8-17(15)21-19(24)16(2)22-11-13-23(14-12-22)18-9-5-6-10-20-18/h5-6,9-10,15-17H,3-4,7-8,11-14H2,1-2H3,(H,21,24)/p+2/t15-,16+,17-/m0/s1. The summed E-state index contributed by atoms with van der Waals surface area (Å²) in [5, 5.41) is 3.33. The van der Waals surface area contributed by atoms with Gasteiger partial charge in [0.05, 0.1) is 6.20 Å². The quantitative estimate of drug-likeness (QED) is 0.833. The molecule has 3 atom stereocenters. The molecule has 1 aliphatic carbocycles. The Morgan fingerprint density at radius 2 is 2.04 bits per heavy atom. The second kappa shape index (κ2) is 7.97. The molecule has 0 aromatic carbocycles. The lowest BCUT2D eigenvalue weighted by Crippen LogP contribution is -3.19. The summed E-state index contributed by atoms with van der Waals surface area (Å²) < 4.78 is 0. The highest BCUT2D eigenvalue weighted by Crippen LogP contribution is 2.23. The fraction of sp³-hybridized carbons (Fsp3) is 0.684. The van der Waals surface area contributed by atoms with Gasteiger partial charge in [0.25, 0.3) is 11.7 Å². The number of nitrogens with one attached hydrogen (secondary N) is 3. The molecule has 0 unspecified atom stereocenters. The van der Waals surface area contributed by atoms with E-state index in [1.807, 2.05) is 12.3 Å². The highest BCUT2D eigenvalue weighted by Gasteiger charge is 2.34. The van der Waals surface area contributed by atoms with E-state index in [1.54, 1.807) is 0 Å². The van der Waals surface area contributed by atoms with Gasteiger partial charge in [0.2, 0.25) is 0 Å². The molecule has 2 fully saturated rings. The molecule has 3 rings (SSSR count). The van der Waals surface area contributed by atoms with Crippen LogP contribution in [0, 0.1) is 5.92 Å². The zero-order chi connectivity index (χ0) is 16.9. The number of rotatable bonds is 4. The van der Waals surface area contributed by atoms with E-state index < -0.39 is 0 Å². The Morgan fingerprint density at radius 1 is 1.29 bits per heavy atom. The Hall–Kier alpha value is -1.62. The van der Waals surface area contributed by atoms with Crippen molar-refractivity contribution in [3.05, 3.63) is 24.4 Å². The van der Waals surface area contributed by atoms with Gasteiger partial charge in [-0.25, -0.2) is 4.98 Å². The van der Waals surface area contributed by atoms with Crippen LogP contribution in [0.2, 0.25) is 0 Å². The van der Waals surface area contributed by atoms with Crippen molar-refractivity contribution in [1.29, 1.82) is 0 Å². The number of amides is 1. The minimum absolute atomic E-state index is 0.0426. The number of aromatic amines is 1. The van der Waals surface area contributed by atoms with Gasteiger partial charge in [-0.1, -0.05) is 25.8 Å². The Labute approximate surface area is 145 Å². The van der Waals surface area contributed by atoms with E-state index >= 15 is 0 Å². The maximum Gasteiger partial charge on any atom is 0.278 e. The molecule has 5 heteroatoms. The molecule has 3 N–H and O–H groups in total. The van der Waals surface area contributed by atoms with Crippen molar-refractivity contribution in [3.8, 4) is 0 Å². The van der Waals surface area contributed by atoms with E-state index in [9.17, 15) is 4.79 Å². The summed E-state index contributed by atoms with van der Waals surface area (Å²) in [5.41, 5.74) is 0. The number of piperazine rings is 1. The molecule has 1 aromatic heterocycles. The molecular formula is C19H32N4O+2. The van der Waals surface area contributed by atoms with Gasteiger partial charge in [0.1, 0.15) is 26.2 Å². The molecule has 0 bridgehead atoms. The van der Waals surface area contributed by atoms with Crippen molar-refractivity contribution >= 4 is 11.7 Å². The predicted octanol–water partition coefficient (Wildman–Crippen LogP) is 0.289. The lowest BCUT2D eigenvalue weighted by atomic mass is 9.86. The summed E-state index contributed by atoms with van der Waals surface area (Å²) in [5.74, 6) is 2.03. The van der Waals surface area contributed by atoms with E-state index in [2.05, 4.69) is 41.2 Å². The monoisotopic (exact) mass is 332 g/mol. The second-order valence-electron chi connectivity index (χ2n) is 7.49. The maximum absolute atomic E-state index is 12.7. The van der Waals surface area contributed by atoms with Gasteiger partial charge < -0.3 is 10.2 Å². The summed E-state index contributed by atoms with van der Waals surface area (Å²) in [7, 11) is 0. The minimum Gasteiger partial charge on any atom is -0.348 e. The largest absolute Gasteiger partial charge is 0.348 e. The van der Waals surface area contributed by atoms with Gasteiger partial charge in [-0.3, -0.25) is 9.69 Å². The van der Waals surface area contributed by atoms with Crippen LogP contribution in [0.15, 0.2) is 24.4 Å². The van der Waals surface area contributed by atoms with Gasteiger partial charge in [0.15, 0.2) is 6.04 Å². The molecule has 2 heterocycles. The predicted molar refractivity (Wildman–Crippen MR) is 94.9 cm³/mol. The van der Waals surface area contributed by atoms with Crippen LogP contribution in [0.3, 0.4) is 0 Å². The molecule has 1 amide bonds. The Kier molecular flexibility index (Phi) is 5.72. The van der Waals surface area contributed by atoms with Crippen LogP contribution < -0.4 is 20.1 Å². The van der Waals surface area contributed by atoms with Crippen molar-refractivity contribution in [1.82, 2.24) is 5.32 Å².